The van der Waals surface area contributed by atoms with Crippen LogP contribution in [0.15, 0.2) is 95.1 Å². The molecule has 220 valence electrons. The van der Waals surface area contributed by atoms with Crippen molar-refractivity contribution in [1.82, 2.24) is 10.2 Å². The number of hydrogen-bond acceptors (Lipinski definition) is 4. The number of likely N-dealkylation sites (tertiary alicyclic amines) is 1. The number of fused-ring (bicyclic) bond motifs is 2. The minimum atomic E-state index is -0.265. The van der Waals surface area contributed by atoms with Crippen LogP contribution in [0.5, 0.6) is 0 Å². The van der Waals surface area contributed by atoms with E-state index in [0.29, 0.717) is 30.0 Å². The molecule has 0 bridgehead atoms. The Labute approximate surface area is 251 Å². The quantitative estimate of drug-likeness (QED) is 0.378. The zero-order valence-corrected chi connectivity index (χ0v) is 24.4. The van der Waals surface area contributed by atoms with Gasteiger partial charge in [0.05, 0.1) is 11.1 Å². The van der Waals surface area contributed by atoms with Crippen LogP contribution in [0.25, 0.3) is 16.7 Å². The van der Waals surface area contributed by atoms with Gasteiger partial charge in [-0.2, -0.15) is 0 Å². The van der Waals surface area contributed by atoms with E-state index < -0.39 is 0 Å². The Hall–Kier alpha value is -4.36. The van der Waals surface area contributed by atoms with Gasteiger partial charge in [0, 0.05) is 48.2 Å². The molecule has 1 atom stereocenters. The van der Waals surface area contributed by atoms with Crippen molar-refractivity contribution in [3.05, 3.63) is 118 Å². The average molecular weight is 578 g/mol. The third-order valence-electron chi connectivity index (χ3n) is 8.70. The van der Waals surface area contributed by atoms with Gasteiger partial charge in [-0.05, 0) is 97.5 Å². The minimum Gasteiger partial charge on any atom is -0.396 e. The Morgan fingerprint density at radius 2 is 1.67 bits per heavy atom. The molecule has 3 aromatic carbocycles. The molecule has 2 N–H and O–H groups in total. The van der Waals surface area contributed by atoms with Crippen LogP contribution < -0.4 is 15.9 Å². The number of amides is 2. The molecular formula is C36H36FN3O3. The molecular weight excluding hydrogens is 541 g/mol. The summed E-state index contributed by atoms with van der Waals surface area (Å²) >= 11 is 0. The standard InChI is InChI=1S/C36H36FN3O3/c1-23-20-25(22-32-33(23)34-30(4-2-5-31(34)39-32)35(42)38-16-3-19-41)21-24-14-17-40(18-15-24)36(43)28-8-6-26(7-9-28)27-10-12-29(37)13-11-27/h2,4-13,20,22,24-25,41H,3,14-19,21H2,1H3,(H,38,42). The van der Waals surface area contributed by atoms with E-state index in [1.165, 1.54) is 12.1 Å². The van der Waals surface area contributed by atoms with Crippen molar-refractivity contribution >= 4 is 17.4 Å². The van der Waals surface area contributed by atoms with Crippen molar-refractivity contribution in [3.8, 4) is 11.1 Å². The molecule has 1 fully saturated rings. The van der Waals surface area contributed by atoms with Crippen molar-refractivity contribution in [2.75, 3.05) is 26.2 Å². The van der Waals surface area contributed by atoms with Gasteiger partial charge in [-0.3, -0.25) is 9.59 Å². The van der Waals surface area contributed by atoms with Crippen molar-refractivity contribution in [2.24, 2.45) is 16.8 Å². The molecule has 6 nitrogen and oxygen atoms in total. The summed E-state index contributed by atoms with van der Waals surface area (Å²) in [6.45, 7) is 4.04. The van der Waals surface area contributed by atoms with Crippen molar-refractivity contribution in [3.63, 3.8) is 0 Å². The number of carbonyl (C=O) groups excluding carboxylic acids is 2. The highest BCUT2D eigenvalue weighted by atomic mass is 19.1. The largest absolute Gasteiger partial charge is 0.396 e. The number of carbonyl (C=O) groups is 2. The van der Waals surface area contributed by atoms with Crippen molar-refractivity contribution in [1.29, 1.82) is 0 Å². The van der Waals surface area contributed by atoms with E-state index in [1.807, 2.05) is 47.4 Å². The summed E-state index contributed by atoms with van der Waals surface area (Å²) in [5.41, 5.74) is 6.27. The molecule has 1 aliphatic carbocycles. The van der Waals surface area contributed by atoms with Crippen LogP contribution in [0.4, 0.5) is 4.39 Å². The molecule has 0 aromatic heterocycles. The van der Waals surface area contributed by atoms with Gasteiger partial charge >= 0.3 is 0 Å². The molecule has 3 aromatic rings. The molecule has 43 heavy (non-hydrogen) atoms. The number of piperidine rings is 1. The molecule has 0 radical (unpaired) electrons. The fraction of sp³-hybridized carbons (Fsp3) is 0.306. The highest BCUT2D eigenvalue weighted by Crippen LogP contribution is 2.35. The average Bonchev–Trinajstić information content (AvgIpc) is 3.41. The second-order valence-corrected chi connectivity index (χ2v) is 11.6. The van der Waals surface area contributed by atoms with Gasteiger partial charge < -0.3 is 15.3 Å². The number of rotatable bonds is 8. The molecule has 0 saturated carbocycles. The Morgan fingerprint density at radius 3 is 2.37 bits per heavy atom. The lowest BCUT2D eigenvalue weighted by Gasteiger charge is -2.33. The Balaban J connectivity index is 1.09. The third-order valence-corrected chi connectivity index (χ3v) is 8.70. The number of nitrogens with zero attached hydrogens (tertiary/aromatic N) is 2. The number of aliphatic hydroxyl groups is 1. The van der Waals surface area contributed by atoms with Gasteiger partial charge in [0.15, 0.2) is 0 Å². The third kappa shape index (κ3) is 6.09. The van der Waals surface area contributed by atoms with E-state index in [1.54, 1.807) is 12.1 Å². The zero-order valence-electron chi connectivity index (χ0n) is 24.4. The van der Waals surface area contributed by atoms with Crippen molar-refractivity contribution < 1.29 is 19.1 Å². The summed E-state index contributed by atoms with van der Waals surface area (Å²) in [6.07, 6.45) is 7.96. The number of hydrogen-bond donors (Lipinski definition) is 2. The molecule has 2 aliphatic heterocycles. The zero-order chi connectivity index (χ0) is 29.9. The molecule has 7 heteroatoms. The van der Waals surface area contributed by atoms with Gasteiger partial charge in [0.2, 0.25) is 0 Å². The Morgan fingerprint density at radius 1 is 0.977 bits per heavy atom. The SMILES string of the molecule is CC1=CC(CC2CCN(C(=O)c3ccc(-c4ccc(F)cc4)cc3)CC2)C=C2N=c3cccc(C(=O)NCCCO)c3=C12. The lowest BCUT2D eigenvalue weighted by atomic mass is 9.82. The first-order valence-electron chi connectivity index (χ1n) is 15.1. The van der Waals surface area contributed by atoms with E-state index in [-0.39, 0.29) is 30.2 Å². The van der Waals surface area contributed by atoms with Gasteiger partial charge in [-0.25, -0.2) is 9.38 Å². The molecule has 0 spiro atoms. The molecule has 6 rings (SSSR count). The van der Waals surface area contributed by atoms with Gasteiger partial charge in [0.25, 0.3) is 11.8 Å². The van der Waals surface area contributed by atoms with Gasteiger partial charge in [-0.1, -0.05) is 42.5 Å². The molecule has 2 amide bonds. The van der Waals surface area contributed by atoms with E-state index in [0.717, 1.165) is 70.9 Å². The molecule has 3 aliphatic rings. The maximum absolute atomic E-state index is 13.3. The van der Waals surface area contributed by atoms with Crippen LogP contribution in [0.1, 0.15) is 53.3 Å². The second kappa shape index (κ2) is 12.5. The summed E-state index contributed by atoms with van der Waals surface area (Å²) in [5, 5.41) is 13.7. The number of nitrogens with one attached hydrogen (secondary N) is 1. The highest BCUT2D eigenvalue weighted by molar-refractivity contribution is 5.97. The monoisotopic (exact) mass is 577 g/mol. The first-order chi connectivity index (χ1) is 20.9. The highest BCUT2D eigenvalue weighted by Gasteiger charge is 2.28. The molecule has 1 saturated heterocycles. The van der Waals surface area contributed by atoms with Crippen LogP contribution in [0.2, 0.25) is 0 Å². The fourth-order valence-corrected chi connectivity index (χ4v) is 6.47. The molecule has 1 unspecified atom stereocenters. The van der Waals surface area contributed by atoms with E-state index in [2.05, 4.69) is 24.4 Å². The smallest absolute Gasteiger partial charge is 0.253 e. The van der Waals surface area contributed by atoms with Crippen LogP contribution in [0, 0.1) is 17.7 Å². The summed E-state index contributed by atoms with van der Waals surface area (Å²) in [6, 6.07) is 19.6. The van der Waals surface area contributed by atoms with Gasteiger partial charge in [0.1, 0.15) is 5.82 Å². The summed E-state index contributed by atoms with van der Waals surface area (Å²) in [7, 11) is 0. The number of benzene rings is 3. The van der Waals surface area contributed by atoms with E-state index in [4.69, 9.17) is 10.1 Å². The van der Waals surface area contributed by atoms with Crippen LogP contribution in [0.3, 0.4) is 0 Å². The minimum absolute atomic E-state index is 0.0408. The van der Waals surface area contributed by atoms with E-state index in [9.17, 15) is 14.0 Å². The molecule has 2 heterocycles. The van der Waals surface area contributed by atoms with Crippen LogP contribution >= 0.6 is 0 Å². The number of allylic oxidation sites excluding steroid dienone is 3. The number of halogens is 1. The maximum Gasteiger partial charge on any atom is 0.253 e. The lowest BCUT2D eigenvalue weighted by Crippen LogP contribution is -2.38. The van der Waals surface area contributed by atoms with Gasteiger partial charge in [-0.15, -0.1) is 0 Å². The Kier molecular flexibility index (Phi) is 8.34. The van der Waals surface area contributed by atoms with Crippen LogP contribution in [-0.4, -0.2) is 48.1 Å². The predicted molar refractivity (Wildman–Crippen MR) is 165 cm³/mol. The predicted octanol–water partition coefficient (Wildman–Crippen LogP) is 4.79. The fourth-order valence-electron chi connectivity index (χ4n) is 6.47. The van der Waals surface area contributed by atoms with E-state index >= 15 is 0 Å². The first-order valence-corrected chi connectivity index (χ1v) is 15.1. The maximum atomic E-state index is 13.3. The van der Waals surface area contributed by atoms with Crippen LogP contribution in [-0.2, 0) is 0 Å². The normalized spacial score (nSPS) is 17.9. The second-order valence-electron chi connectivity index (χ2n) is 11.6. The first kappa shape index (κ1) is 28.7. The summed E-state index contributed by atoms with van der Waals surface area (Å²) in [4.78, 5) is 33.0. The summed E-state index contributed by atoms with van der Waals surface area (Å²) in [5.74, 6) is 0.407. The van der Waals surface area contributed by atoms with Crippen molar-refractivity contribution in [2.45, 2.75) is 32.6 Å². The Bertz CT molecular complexity index is 1720. The summed E-state index contributed by atoms with van der Waals surface area (Å²) < 4.78 is 13.3. The lowest BCUT2D eigenvalue weighted by molar-refractivity contribution is 0.0684. The number of aliphatic hydroxyl groups excluding tert-OH is 1. The topological polar surface area (TPSA) is 82.0 Å².